The van der Waals surface area contributed by atoms with Gasteiger partial charge in [0.1, 0.15) is 0 Å². The Hall–Kier alpha value is -0.650. The van der Waals surface area contributed by atoms with Gasteiger partial charge in [0.2, 0.25) is 0 Å². The van der Waals surface area contributed by atoms with Gasteiger partial charge in [-0.2, -0.15) is 0 Å². The lowest BCUT2D eigenvalue weighted by atomic mass is 10.2. The van der Waals surface area contributed by atoms with Crippen LogP contribution in [-0.2, 0) is 0 Å². The Kier molecular flexibility index (Phi) is 5.81. The minimum absolute atomic E-state index is 0.411. The molecule has 4 nitrogen and oxygen atoms in total. The van der Waals surface area contributed by atoms with E-state index in [1.165, 1.54) is 16.6 Å². The molecular weight excluding hydrogens is 268 g/mol. The second-order valence-corrected chi connectivity index (χ2v) is 7.05. The molecule has 0 bridgehead atoms. The number of nitrogens with zero attached hydrogens (tertiary/aromatic N) is 3. The van der Waals surface area contributed by atoms with Gasteiger partial charge in [0.05, 0.1) is 0 Å². The van der Waals surface area contributed by atoms with E-state index in [4.69, 9.17) is 0 Å². The molecule has 1 atom stereocenters. The number of hydrogen-bond donors (Lipinski definition) is 1. The molecule has 0 spiro atoms. The number of aromatic nitrogens is 1. The number of hydrogen-bond acceptors (Lipinski definition) is 5. The highest BCUT2D eigenvalue weighted by molar-refractivity contribution is 7.15. The topological polar surface area (TPSA) is 31.4 Å². The van der Waals surface area contributed by atoms with Crippen LogP contribution in [0.2, 0.25) is 0 Å². The molecule has 5 heteroatoms. The number of rotatable bonds is 6. The van der Waals surface area contributed by atoms with Gasteiger partial charge < -0.3 is 10.2 Å². The van der Waals surface area contributed by atoms with Crippen LogP contribution in [0, 0.1) is 5.92 Å². The van der Waals surface area contributed by atoms with Crippen LogP contribution in [0.25, 0.3) is 0 Å². The van der Waals surface area contributed by atoms with Gasteiger partial charge in [-0.3, -0.25) is 4.90 Å². The third kappa shape index (κ3) is 4.17. The highest BCUT2D eigenvalue weighted by atomic mass is 32.1. The first kappa shape index (κ1) is 15.7. The highest BCUT2D eigenvalue weighted by Crippen LogP contribution is 2.27. The van der Waals surface area contributed by atoms with E-state index < -0.39 is 0 Å². The quantitative estimate of drug-likeness (QED) is 0.874. The molecule has 0 amide bonds. The minimum atomic E-state index is 0.411. The fourth-order valence-corrected chi connectivity index (χ4v) is 3.66. The van der Waals surface area contributed by atoms with Crippen LogP contribution in [0.1, 0.15) is 38.6 Å². The average molecular weight is 296 g/mol. The molecule has 0 aromatic carbocycles. The minimum Gasteiger partial charge on any atom is -0.346 e. The third-order valence-electron chi connectivity index (χ3n) is 3.71. The van der Waals surface area contributed by atoms with Crippen LogP contribution < -0.4 is 10.2 Å². The fraction of sp³-hybridized carbons (Fsp3) is 0.800. The molecule has 1 saturated heterocycles. The summed E-state index contributed by atoms with van der Waals surface area (Å²) in [6, 6.07) is 0.411. The molecule has 0 saturated carbocycles. The summed E-state index contributed by atoms with van der Waals surface area (Å²) >= 11 is 1.84. The van der Waals surface area contributed by atoms with E-state index in [0.29, 0.717) is 6.04 Å². The number of nitrogens with one attached hydrogen (secondary N) is 1. The van der Waals surface area contributed by atoms with Crippen LogP contribution in [0.4, 0.5) is 5.13 Å². The maximum Gasteiger partial charge on any atom is 0.185 e. The van der Waals surface area contributed by atoms with Crippen molar-refractivity contribution in [2.24, 2.45) is 5.92 Å². The lowest BCUT2D eigenvalue weighted by molar-refractivity contribution is 0.231. The SMILES string of the molecule is CCNC(C)c1cnc(N2CCN(CC(C)C)CC2)s1. The number of anilines is 1. The number of piperazine rings is 1. The van der Waals surface area contributed by atoms with Crippen molar-refractivity contribution in [2.45, 2.75) is 33.7 Å². The summed E-state index contributed by atoms with van der Waals surface area (Å²) in [4.78, 5) is 11.0. The van der Waals surface area contributed by atoms with Crippen molar-refractivity contribution in [3.8, 4) is 0 Å². The first-order valence-corrected chi connectivity index (χ1v) is 8.58. The normalized spacial score (nSPS) is 18.8. The van der Waals surface area contributed by atoms with Crippen molar-refractivity contribution in [2.75, 3.05) is 44.2 Å². The molecule has 114 valence electrons. The van der Waals surface area contributed by atoms with Crippen LogP contribution in [0.15, 0.2) is 6.20 Å². The van der Waals surface area contributed by atoms with E-state index in [1.54, 1.807) is 0 Å². The summed E-state index contributed by atoms with van der Waals surface area (Å²) < 4.78 is 0. The van der Waals surface area contributed by atoms with Gasteiger partial charge in [0.15, 0.2) is 5.13 Å². The maximum atomic E-state index is 4.62. The lowest BCUT2D eigenvalue weighted by Gasteiger charge is -2.35. The van der Waals surface area contributed by atoms with E-state index in [0.717, 1.165) is 38.6 Å². The predicted octanol–water partition coefficient (Wildman–Crippen LogP) is 2.59. The average Bonchev–Trinajstić information content (AvgIpc) is 2.89. The Bertz CT molecular complexity index is 396. The van der Waals surface area contributed by atoms with Crippen molar-refractivity contribution in [3.63, 3.8) is 0 Å². The van der Waals surface area contributed by atoms with Crippen molar-refractivity contribution >= 4 is 16.5 Å². The molecule has 0 radical (unpaired) electrons. The summed E-state index contributed by atoms with van der Waals surface area (Å²) in [6.07, 6.45) is 2.04. The van der Waals surface area contributed by atoms with E-state index in [-0.39, 0.29) is 0 Å². The van der Waals surface area contributed by atoms with Crippen LogP contribution >= 0.6 is 11.3 Å². The first-order chi connectivity index (χ1) is 9.60. The van der Waals surface area contributed by atoms with Crippen LogP contribution in [0.5, 0.6) is 0 Å². The smallest absolute Gasteiger partial charge is 0.185 e. The molecule has 2 heterocycles. The zero-order valence-electron chi connectivity index (χ0n) is 13.2. The molecule has 2 rings (SSSR count). The lowest BCUT2D eigenvalue weighted by Crippen LogP contribution is -2.47. The van der Waals surface area contributed by atoms with Gasteiger partial charge in [0.25, 0.3) is 0 Å². The Balaban J connectivity index is 1.87. The van der Waals surface area contributed by atoms with Crippen molar-refractivity contribution in [1.29, 1.82) is 0 Å². The molecule has 1 aliphatic heterocycles. The Morgan fingerprint density at radius 2 is 1.95 bits per heavy atom. The van der Waals surface area contributed by atoms with Crippen LogP contribution in [-0.4, -0.2) is 49.2 Å². The summed E-state index contributed by atoms with van der Waals surface area (Å²) in [7, 11) is 0. The van der Waals surface area contributed by atoms with E-state index in [2.05, 4.69) is 47.8 Å². The molecule has 20 heavy (non-hydrogen) atoms. The van der Waals surface area contributed by atoms with Crippen molar-refractivity contribution in [1.82, 2.24) is 15.2 Å². The summed E-state index contributed by atoms with van der Waals surface area (Å²) in [5, 5.41) is 4.64. The van der Waals surface area contributed by atoms with Crippen molar-refractivity contribution in [3.05, 3.63) is 11.1 Å². The van der Waals surface area contributed by atoms with Gasteiger partial charge in [-0.1, -0.05) is 20.8 Å². The molecule has 1 unspecified atom stereocenters. The second kappa shape index (κ2) is 7.38. The van der Waals surface area contributed by atoms with Gasteiger partial charge in [0, 0.05) is 49.8 Å². The highest BCUT2D eigenvalue weighted by Gasteiger charge is 2.20. The largest absolute Gasteiger partial charge is 0.346 e. The van der Waals surface area contributed by atoms with E-state index >= 15 is 0 Å². The fourth-order valence-electron chi connectivity index (χ4n) is 2.67. The predicted molar refractivity (Wildman–Crippen MR) is 87.7 cm³/mol. The summed E-state index contributed by atoms with van der Waals surface area (Å²) in [5.41, 5.74) is 0. The summed E-state index contributed by atoms with van der Waals surface area (Å²) in [5.74, 6) is 0.758. The molecule has 1 N–H and O–H groups in total. The molecule has 1 aliphatic rings. The second-order valence-electron chi connectivity index (χ2n) is 6.01. The van der Waals surface area contributed by atoms with Gasteiger partial charge >= 0.3 is 0 Å². The first-order valence-electron chi connectivity index (χ1n) is 7.76. The summed E-state index contributed by atoms with van der Waals surface area (Å²) in [6.45, 7) is 15.7. The maximum absolute atomic E-state index is 4.62. The molecular formula is C15H28N4S. The standard InChI is InChI=1S/C15H28N4S/c1-5-16-13(4)14-10-17-15(20-14)19-8-6-18(7-9-19)11-12(2)3/h10,12-13,16H,5-9,11H2,1-4H3. The Morgan fingerprint density at radius 1 is 1.25 bits per heavy atom. The van der Waals surface area contributed by atoms with Crippen LogP contribution in [0.3, 0.4) is 0 Å². The van der Waals surface area contributed by atoms with Gasteiger partial charge in [-0.25, -0.2) is 4.98 Å². The Labute approximate surface area is 127 Å². The number of thiazole rings is 1. The van der Waals surface area contributed by atoms with E-state index in [9.17, 15) is 0 Å². The molecule has 1 aromatic heterocycles. The van der Waals surface area contributed by atoms with Gasteiger partial charge in [-0.05, 0) is 19.4 Å². The Morgan fingerprint density at radius 3 is 2.55 bits per heavy atom. The molecule has 1 aromatic rings. The van der Waals surface area contributed by atoms with Gasteiger partial charge in [-0.15, -0.1) is 11.3 Å². The zero-order valence-corrected chi connectivity index (χ0v) is 14.0. The van der Waals surface area contributed by atoms with Crippen molar-refractivity contribution < 1.29 is 0 Å². The monoisotopic (exact) mass is 296 g/mol. The molecule has 1 fully saturated rings. The zero-order chi connectivity index (χ0) is 14.5. The third-order valence-corrected chi connectivity index (χ3v) is 4.96. The molecule has 0 aliphatic carbocycles. The van der Waals surface area contributed by atoms with E-state index in [1.807, 2.05) is 17.5 Å².